The molecule has 3 aromatic rings. The van der Waals surface area contributed by atoms with Gasteiger partial charge >= 0.3 is 5.97 Å². The number of carbonyl (C=O) groups is 3. The van der Waals surface area contributed by atoms with Gasteiger partial charge in [0.25, 0.3) is 11.8 Å². The lowest BCUT2D eigenvalue weighted by Crippen LogP contribution is -2.71. The summed E-state index contributed by atoms with van der Waals surface area (Å²) in [5.41, 5.74) is 7.43. The first-order chi connectivity index (χ1) is 18.2. The highest BCUT2D eigenvalue weighted by Gasteiger charge is 2.55. The number of aliphatic carboxylic acids is 1. The van der Waals surface area contributed by atoms with Crippen LogP contribution in [0.4, 0.5) is 5.13 Å². The first kappa shape index (κ1) is 26.0. The van der Waals surface area contributed by atoms with Crippen molar-refractivity contribution < 1.29 is 34.0 Å². The van der Waals surface area contributed by atoms with Gasteiger partial charge in [0.2, 0.25) is 0 Å². The highest BCUT2D eigenvalue weighted by Crippen LogP contribution is 2.40. The summed E-state index contributed by atoms with van der Waals surface area (Å²) in [4.78, 5) is 48.2. The van der Waals surface area contributed by atoms with Crippen molar-refractivity contribution in [2.75, 3.05) is 18.6 Å². The number of rotatable bonds is 8. The lowest BCUT2D eigenvalue weighted by Gasteiger charge is -2.49. The third kappa shape index (κ3) is 4.47. The van der Waals surface area contributed by atoms with Gasteiger partial charge in [-0.3, -0.25) is 14.5 Å². The summed E-state index contributed by atoms with van der Waals surface area (Å²) in [5.74, 6) is -2.23. The number of amides is 2. The fraction of sp³-hybridized carbons (Fsp3) is 0.273. The van der Waals surface area contributed by atoms with E-state index in [0.29, 0.717) is 11.3 Å². The number of aromatic nitrogens is 3. The van der Waals surface area contributed by atoms with Crippen molar-refractivity contribution in [2.24, 2.45) is 5.16 Å². The number of fused-ring (bicyclic) bond motifs is 2. The fourth-order valence-corrected chi connectivity index (χ4v) is 6.63. The number of halogens is 1. The Morgan fingerprint density at radius 1 is 1.42 bits per heavy atom. The molecule has 0 unspecified atom stereocenters. The van der Waals surface area contributed by atoms with Gasteiger partial charge in [0, 0.05) is 17.0 Å². The first-order valence-electron chi connectivity index (χ1n) is 11.1. The van der Waals surface area contributed by atoms with Crippen LogP contribution in [0.1, 0.15) is 11.4 Å². The molecule has 5 rings (SSSR count). The van der Waals surface area contributed by atoms with Crippen LogP contribution in [0, 0.1) is 0 Å². The molecule has 0 bridgehead atoms. The summed E-state index contributed by atoms with van der Waals surface area (Å²) in [6, 6.07) is 2.67. The van der Waals surface area contributed by atoms with Crippen LogP contribution in [0.2, 0.25) is 4.34 Å². The molecular formula is C22H21ClN7O6S2+. The number of thiazole rings is 1. The van der Waals surface area contributed by atoms with E-state index in [9.17, 15) is 24.6 Å². The Kier molecular flexibility index (Phi) is 7.00. The molecule has 0 saturated carbocycles. The van der Waals surface area contributed by atoms with E-state index in [4.69, 9.17) is 22.2 Å². The van der Waals surface area contributed by atoms with E-state index in [2.05, 4.69) is 15.5 Å². The Bertz CT molecular complexity index is 1530. The monoisotopic (exact) mass is 578 g/mol. The maximum atomic E-state index is 13.1. The van der Waals surface area contributed by atoms with Crippen LogP contribution in [0.5, 0.6) is 0 Å². The molecule has 2 aliphatic rings. The number of aliphatic hydroxyl groups is 1. The van der Waals surface area contributed by atoms with Crippen molar-refractivity contribution in [3.8, 4) is 0 Å². The highest BCUT2D eigenvalue weighted by atomic mass is 35.5. The van der Waals surface area contributed by atoms with Crippen LogP contribution in [0.3, 0.4) is 0 Å². The number of hydrogen-bond acceptors (Lipinski definition) is 10. The van der Waals surface area contributed by atoms with Crippen molar-refractivity contribution >= 4 is 68.8 Å². The van der Waals surface area contributed by atoms with Crippen LogP contribution in [0.15, 0.2) is 47.1 Å². The SMILES string of the molecule is CO/N=C(\C(=O)N[C@@H]1C(=O)N2C(C(=O)O)=C(C[n+]3ccn4c(CO)ccc4c3)CS[C@@H]12)c1nc(N)sc1Cl. The Morgan fingerprint density at radius 3 is 2.87 bits per heavy atom. The maximum Gasteiger partial charge on any atom is 0.352 e. The summed E-state index contributed by atoms with van der Waals surface area (Å²) in [7, 11) is 1.24. The van der Waals surface area contributed by atoms with Crippen LogP contribution in [0.25, 0.3) is 5.52 Å². The van der Waals surface area contributed by atoms with E-state index in [1.807, 2.05) is 21.2 Å². The summed E-state index contributed by atoms with van der Waals surface area (Å²) in [6.07, 6.45) is 5.38. The van der Waals surface area contributed by atoms with E-state index in [1.165, 1.54) is 23.8 Å². The normalized spacial score (nSPS) is 19.4. The van der Waals surface area contributed by atoms with Crippen molar-refractivity contribution in [1.82, 2.24) is 19.6 Å². The van der Waals surface area contributed by atoms with Crippen molar-refractivity contribution in [3.05, 3.63) is 57.7 Å². The van der Waals surface area contributed by atoms with Crippen molar-refractivity contribution in [3.63, 3.8) is 0 Å². The predicted molar refractivity (Wildman–Crippen MR) is 138 cm³/mol. The third-order valence-corrected chi connectivity index (χ3v) is 8.46. The number of aliphatic hydroxyl groups excluding tert-OH is 1. The molecule has 198 valence electrons. The lowest BCUT2D eigenvalue weighted by molar-refractivity contribution is -0.688. The number of nitrogens with one attached hydrogen (secondary N) is 1. The largest absolute Gasteiger partial charge is 0.477 e. The molecule has 2 amide bonds. The Morgan fingerprint density at radius 2 is 2.21 bits per heavy atom. The van der Waals surface area contributed by atoms with Gasteiger partial charge in [0.1, 0.15) is 39.8 Å². The van der Waals surface area contributed by atoms with Crippen molar-refractivity contribution in [2.45, 2.75) is 24.6 Å². The number of anilines is 1. The smallest absolute Gasteiger partial charge is 0.352 e. The zero-order chi connectivity index (χ0) is 27.1. The maximum absolute atomic E-state index is 13.1. The molecule has 16 heteroatoms. The number of β-lactam (4-membered cyclic amide) rings is 1. The second-order valence-corrected chi connectivity index (χ2v) is 11.0. The molecule has 2 aliphatic heterocycles. The number of nitrogens with zero attached hydrogens (tertiary/aromatic N) is 5. The van der Waals surface area contributed by atoms with Gasteiger partial charge in [-0.25, -0.2) is 9.78 Å². The molecule has 5 N–H and O–H groups in total. The van der Waals surface area contributed by atoms with Crippen molar-refractivity contribution in [1.29, 1.82) is 0 Å². The second-order valence-electron chi connectivity index (χ2n) is 8.29. The molecule has 0 radical (unpaired) electrons. The molecule has 1 saturated heterocycles. The minimum atomic E-state index is -1.23. The third-order valence-electron chi connectivity index (χ3n) is 6.04. The highest BCUT2D eigenvalue weighted by molar-refractivity contribution is 8.00. The average Bonchev–Trinajstić information content (AvgIpc) is 3.46. The summed E-state index contributed by atoms with van der Waals surface area (Å²) >= 11 is 8.41. The van der Waals surface area contributed by atoms with Crippen LogP contribution >= 0.6 is 34.7 Å². The quantitative estimate of drug-likeness (QED) is 0.126. The first-order valence-corrected chi connectivity index (χ1v) is 13.3. The molecule has 0 spiro atoms. The van der Waals surface area contributed by atoms with Gasteiger partial charge in [0.15, 0.2) is 29.8 Å². The minimum absolute atomic E-state index is 0.0185. The molecule has 0 aliphatic carbocycles. The molecule has 0 aromatic carbocycles. The Labute approximate surface area is 228 Å². The number of nitrogen functional groups attached to an aromatic ring is 1. The van der Waals surface area contributed by atoms with Gasteiger partial charge in [-0.1, -0.05) is 28.1 Å². The van der Waals surface area contributed by atoms with E-state index in [-0.39, 0.29) is 39.7 Å². The van der Waals surface area contributed by atoms with Gasteiger partial charge in [0.05, 0.1) is 12.8 Å². The Balaban J connectivity index is 1.36. The zero-order valence-electron chi connectivity index (χ0n) is 19.7. The van der Waals surface area contributed by atoms with E-state index in [0.717, 1.165) is 22.5 Å². The van der Waals surface area contributed by atoms with Gasteiger partial charge in [-0.05, 0) is 12.1 Å². The Hall–Kier alpha value is -3.66. The lowest BCUT2D eigenvalue weighted by atomic mass is 10.0. The summed E-state index contributed by atoms with van der Waals surface area (Å²) < 4.78 is 3.77. The van der Waals surface area contributed by atoms with E-state index < -0.39 is 29.2 Å². The van der Waals surface area contributed by atoms with Crippen LogP contribution in [-0.4, -0.2) is 72.3 Å². The molecule has 38 heavy (non-hydrogen) atoms. The molecule has 1 fully saturated rings. The topological polar surface area (TPSA) is 176 Å². The number of oxime groups is 1. The molecule has 13 nitrogen and oxygen atoms in total. The number of hydrogen-bond donors (Lipinski definition) is 4. The van der Waals surface area contributed by atoms with Crippen LogP contribution < -0.4 is 15.6 Å². The predicted octanol–water partition coefficient (Wildman–Crippen LogP) is 0.201. The van der Waals surface area contributed by atoms with Gasteiger partial charge in [-0.2, -0.15) is 4.57 Å². The van der Waals surface area contributed by atoms with E-state index in [1.54, 1.807) is 18.5 Å². The number of carbonyl (C=O) groups excluding carboxylic acids is 2. The number of carboxylic acids is 1. The number of thioether (sulfide) groups is 1. The van der Waals surface area contributed by atoms with Gasteiger partial charge < -0.3 is 30.5 Å². The summed E-state index contributed by atoms with van der Waals surface area (Å²) in [6.45, 7) is 0.135. The summed E-state index contributed by atoms with van der Waals surface area (Å²) in [5, 5.41) is 25.2. The standard InChI is InChI=1S/C22H20ClN7O6S2/c1-36-27-14(13-17(23)38-22(24)26-13)18(32)25-15-19(33)30-16(21(34)35)10(9-37-20(15)30)6-28-4-5-29-11(7-28)2-3-12(29)8-31/h2-5,7,15,20,31H,6,8-9H2,1H3,(H3-,24,25,26,32,34,35)/p+1/b27-14-/t15-,20+/m1/s1. The van der Waals surface area contributed by atoms with Crippen LogP contribution in [-0.2, 0) is 32.4 Å². The number of carboxylic acid groups (broad SMARTS) is 1. The molecule has 3 aromatic heterocycles. The van der Waals surface area contributed by atoms with Gasteiger partial charge in [-0.15, -0.1) is 11.8 Å². The average molecular weight is 579 g/mol. The molecule has 5 heterocycles. The molecule has 2 atom stereocenters. The molecular weight excluding hydrogens is 558 g/mol. The zero-order valence-corrected chi connectivity index (χ0v) is 22.1. The second kappa shape index (κ2) is 10.2. The van der Waals surface area contributed by atoms with E-state index >= 15 is 0 Å². The minimum Gasteiger partial charge on any atom is -0.477 e. The fourth-order valence-electron chi connectivity index (χ4n) is 4.37. The number of nitrogens with two attached hydrogens (primary N) is 1.